The second-order valence-corrected chi connectivity index (χ2v) is 9.60. The van der Waals surface area contributed by atoms with Crippen LogP contribution < -0.4 is 5.32 Å². The first-order valence-corrected chi connectivity index (χ1v) is 11.9. The minimum Gasteiger partial charge on any atom is -0.342 e. The van der Waals surface area contributed by atoms with Crippen molar-refractivity contribution >= 4 is 68.7 Å². The summed E-state index contributed by atoms with van der Waals surface area (Å²) >= 11 is 13.6. The molecule has 1 saturated heterocycles. The van der Waals surface area contributed by atoms with Crippen LogP contribution in [0.4, 0.5) is 5.69 Å². The van der Waals surface area contributed by atoms with Crippen molar-refractivity contribution in [3.05, 3.63) is 105 Å². The van der Waals surface area contributed by atoms with Crippen LogP contribution >= 0.6 is 35.0 Å². The molecular weight excluding hydrogens is 473 g/mol. The van der Waals surface area contributed by atoms with Gasteiger partial charge in [0.1, 0.15) is 0 Å². The van der Waals surface area contributed by atoms with E-state index in [0.717, 1.165) is 38.3 Å². The fourth-order valence-electron chi connectivity index (χ4n) is 3.76. The summed E-state index contributed by atoms with van der Waals surface area (Å²) in [7, 11) is 0. The number of carbonyl (C=O) groups is 1. The number of carbonyl (C=O) groups excluding carboxylic acids is 1. The number of nitrogens with zero attached hydrogens (tertiary/aromatic N) is 2. The normalized spacial score (nSPS) is 16.2. The average Bonchev–Trinajstić information content (AvgIpc) is 3.33. The van der Waals surface area contributed by atoms with Crippen molar-refractivity contribution in [3.8, 4) is 0 Å². The molecule has 1 aromatic heterocycles. The van der Waals surface area contributed by atoms with E-state index in [1.807, 2.05) is 67.6 Å². The van der Waals surface area contributed by atoms with Gasteiger partial charge in [-0.05, 0) is 66.2 Å². The van der Waals surface area contributed by atoms with E-state index in [0.29, 0.717) is 21.6 Å². The van der Waals surface area contributed by atoms with Crippen molar-refractivity contribution in [3.63, 3.8) is 0 Å². The molecule has 2 heterocycles. The zero-order valence-electron chi connectivity index (χ0n) is 17.7. The Bertz CT molecular complexity index is 1440. The van der Waals surface area contributed by atoms with Crippen LogP contribution in [0, 0.1) is 6.92 Å². The third kappa shape index (κ3) is 4.58. The lowest BCUT2D eigenvalue weighted by Gasteiger charge is -2.05. The lowest BCUT2D eigenvalue weighted by molar-refractivity contribution is -0.115. The zero-order valence-corrected chi connectivity index (χ0v) is 20.0. The molecule has 1 aliphatic rings. The molecule has 0 unspecified atom stereocenters. The van der Waals surface area contributed by atoms with Gasteiger partial charge in [-0.2, -0.15) is 0 Å². The highest BCUT2D eigenvalue weighted by Gasteiger charge is 2.24. The molecule has 0 radical (unpaired) electrons. The van der Waals surface area contributed by atoms with E-state index in [2.05, 4.69) is 33.2 Å². The van der Waals surface area contributed by atoms with Gasteiger partial charge < -0.3 is 9.88 Å². The van der Waals surface area contributed by atoms with E-state index in [1.165, 1.54) is 11.8 Å². The first-order chi connectivity index (χ1) is 16.0. The van der Waals surface area contributed by atoms with Crippen molar-refractivity contribution < 1.29 is 4.79 Å². The summed E-state index contributed by atoms with van der Waals surface area (Å²) in [5, 5.41) is 5.86. The number of amidine groups is 1. The minimum atomic E-state index is -0.159. The molecule has 1 amide bonds. The van der Waals surface area contributed by atoms with Crippen LogP contribution in [0.1, 0.15) is 16.7 Å². The van der Waals surface area contributed by atoms with Crippen molar-refractivity contribution in [2.75, 3.05) is 0 Å². The number of halogens is 2. The summed E-state index contributed by atoms with van der Waals surface area (Å²) in [6.07, 6.45) is 4.00. The van der Waals surface area contributed by atoms with Crippen molar-refractivity contribution in [1.82, 2.24) is 9.88 Å². The number of aromatic nitrogens is 1. The van der Waals surface area contributed by atoms with Gasteiger partial charge in [0.05, 0.1) is 10.6 Å². The predicted molar refractivity (Wildman–Crippen MR) is 139 cm³/mol. The van der Waals surface area contributed by atoms with Crippen LogP contribution in [0.25, 0.3) is 17.0 Å². The van der Waals surface area contributed by atoms with Crippen LogP contribution in [0.2, 0.25) is 10.0 Å². The molecule has 1 N–H and O–H groups in total. The Hall–Kier alpha value is -2.99. The maximum Gasteiger partial charge on any atom is 0.264 e. The number of fused-ring (bicyclic) bond motifs is 1. The Balaban J connectivity index is 1.47. The molecule has 0 aliphatic carbocycles. The summed E-state index contributed by atoms with van der Waals surface area (Å²) in [6, 6.07) is 21.6. The Labute approximate surface area is 205 Å². The molecular formula is C26H19Cl2N3OS. The Morgan fingerprint density at radius 1 is 1.03 bits per heavy atom. The van der Waals surface area contributed by atoms with Gasteiger partial charge in [-0.3, -0.25) is 4.79 Å². The van der Waals surface area contributed by atoms with Crippen LogP contribution in [0.5, 0.6) is 0 Å². The largest absolute Gasteiger partial charge is 0.342 e. The van der Waals surface area contributed by atoms with Gasteiger partial charge in [-0.15, -0.1) is 0 Å². The number of nitrogens with one attached hydrogen (secondary N) is 1. The second-order valence-electron chi connectivity index (χ2n) is 7.72. The van der Waals surface area contributed by atoms with Crippen LogP contribution in [0.3, 0.4) is 0 Å². The van der Waals surface area contributed by atoms with Gasteiger partial charge in [-0.25, -0.2) is 4.99 Å². The molecule has 33 heavy (non-hydrogen) atoms. The van der Waals surface area contributed by atoms with E-state index in [4.69, 9.17) is 23.2 Å². The fraction of sp³-hybridized carbons (Fsp3) is 0.0769. The number of aliphatic imine (C=N–C) groups is 1. The number of amides is 1. The molecule has 7 heteroatoms. The highest BCUT2D eigenvalue weighted by atomic mass is 35.5. The highest BCUT2D eigenvalue weighted by Crippen LogP contribution is 2.33. The van der Waals surface area contributed by atoms with Gasteiger partial charge in [0.2, 0.25) is 0 Å². The van der Waals surface area contributed by atoms with E-state index in [1.54, 1.807) is 0 Å². The number of thioether (sulfide) groups is 1. The van der Waals surface area contributed by atoms with Gasteiger partial charge in [0.25, 0.3) is 5.91 Å². The van der Waals surface area contributed by atoms with E-state index in [9.17, 15) is 4.79 Å². The summed E-state index contributed by atoms with van der Waals surface area (Å²) in [6.45, 7) is 2.62. The monoisotopic (exact) mass is 491 g/mol. The van der Waals surface area contributed by atoms with Gasteiger partial charge in [0.15, 0.2) is 5.17 Å². The summed E-state index contributed by atoms with van der Waals surface area (Å²) in [5.74, 6) is -0.159. The van der Waals surface area contributed by atoms with Gasteiger partial charge in [0, 0.05) is 39.3 Å². The number of hydrogen-bond donors (Lipinski definition) is 1. The number of benzene rings is 3. The summed E-state index contributed by atoms with van der Waals surface area (Å²) < 4.78 is 2.19. The fourth-order valence-corrected chi connectivity index (χ4v) is 4.88. The second kappa shape index (κ2) is 9.10. The van der Waals surface area contributed by atoms with Crippen LogP contribution in [-0.4, -0.2) is 15.6 Å². The molecule has 1 aliphatic heterocycles. The molecule has 0 saturated carbocycles. The third-order valence-corrected chi connectivity index (χ3v) is 7.06. The Kier molecular flexibility index (Phi) is 6.02. The van der Waals surface area contributed by atoms with E-state index in [-0.39, 0.29) is 5.91 Å². The zero-order chi connectivity index (χ0) is 22.9. The van der Waals surface area contributed by atoms with Crippen molar-refractivity contribution in [2.24, 2.45) is 4.99 Å². The lowest BCUT2D eigenvalue weighted by atomic mass is 10.1. The molecule has 0 spiro atoms. The van der Waals surface area contributed by atoms with Crippen LogP contribution in [-0.2, 0) is 11.3 Å². The van der Waals surface area contributed by atoms with Gasteiger partial charge in [-0.1, -0.05) is 59.6 Å². The molecule has 5 rings (SSSR count). The first kappa shape index (κ1) is 21.8. The predicted octanol–water partition coefficient (Wildman–Crippen LogP) is 7.20. The summed E-state index contributed by atoms with van der Waals surface area (Å²) in [5.41, 5.74) is 4.86. The molecule has 3 aromatic carbocycles. The Morgan fingerprint density at radius 3 is 2.64 bits per heavy atom. The van der Waals surface area contributed by atoms with Crippen molar-refractivity contribution in [1.29, 1.82) is 0 Å². The average molecular weight is 492 g/mol. The maximum absolute atomic E-state index is 12.7. The maximum atomic E-state index is 12.7. The van der Waals surface area contributed by atoms with Gasteiger partial charge >= 0.3 is 0 Å². The molecule has 4 nitrogen and oxygen atoms in total. The standard InChI is InChI=1S/C26H19Cl2N3OS/c1-16-21(28)6-4-7-22(16)29-26-30-25(32)24(33-26)13-18-15-31(23-8-3-2-5-20(18)23)14-17-9-11-19(27)12-10-17/h2-13,15H,14H2,1H3,(H,29,30,32)/b24-13+. The topological polar surface area (TPSA) is 46.4 Å². The first-order valence-electron chi connectivity index (χ1n) is 10.3. The quantitative estimate of drug-likeness (QED) is 0.307. The number of rotatable bonds is 4. The van der Waals surface area contributed by atoms with E-state index < -0.39 is 0 Å². The minimum absolute atomic E-state index is 0.159. The van der Waals surface area contributed by atoms with E-state index >= 15 is 0 Å². The third-order valence-electron chi connectivity index (χ3n) is 5.48. The highest BCUT2D eigenvalue weighted by molar-refractivity contribution is 8.18. The molecule has 1 fully saturated rings. The van der Waals surface area contributed by atoms with Crippen LogP contribution in [0.15, 0.2) is 82.8 Å². The summed E-state index contributed by atoms with van der Waals surface area (Å²) in [4.78, 5) is 17.9. The van der Waals surface area contributed by atoms with Crippen molar-refractivity contribution in [2.45, 2.75) is 13.5 Å². The molecule has 4 aromatic rings. The smallest absolute Gasteiger partial charge is 0.264 e. The SMILES string of the molecule is Cc1c(Cl)cccc1N=C1NC(=O)/C(=C\c2cn(Cc3ccc(Cl)cc3)c3ccccc23)S1. The number of hydrogen-bond acceptors (Lipinski definition) is 3. The number of para-hydroxylation sites is 1. The molecule has 0 bridgehead atoms. The Morgan fingerprint density at radius 2 is 1.82 bits per heavy atom. The molecule has 164 valence electrons. The lowest BCUT2D eigenvalue weighted by Crippen LogP contribution is -2.19. The molecule has 0 atom stereocenters.